The number of aromatic nitrogens is 3. The van der Waals surface area contributed by atoms with E-state index in [0.29, 0.717) is 18.7 Å². The van der Waals surface area contributed by atoms with Gasteiger partial charge in [-0.25, -0.2) is 4.39 Å². The highest BCUT2D eigenvalue weighted by Gasteiger charge is 2.47. The number of fused-ring (bicyclic) bond motifs is 1. The average Bonchev–Trinajstić information content (AvgIpc) is 3.26. The fourth-order valence-corrected chi connectivity index (χ4v) is 3.49. The van der Waals surface area contributed by atoms with E-state index < -0.39 is 0 Å². The maximum Gasteiger partial charge on any atom is 0.226 e. The fourth-order valence-electron chi connectivity index (χ4n) is 3.49. The van der Waals surface area contributed by atoms with Crippen molar-refractivity contribution in [2.45, 2.75) is 38.8 Å². The van der Waals surface area contributed by atoms with Crippen LogP contribution >= 0.6 is 0 Å². The molecule has 2 atom stereocenters. The predicted octanol–water partition coefficient (Wildman–Crippen LogP) is 2.13. The Bertz CT molecular complexity index is 757. The Kier molecular flexibility index (Phi) is 3.39. The Morgan fingerprint density at radius 2 is 2.13 bits per heavy atom. The summed E-state index contributed by atoms with van der Waals surface area (Å²) in [6.07, 6.45) is 1.59. The molecule has 6 heteroatoms. The van der Waals surface area contributed by atoms with Gasteiger partial charge in [0.25, 0.3) is 0 Å². The van der Waals surface area contributed by atoms with Crippen molar-refractivity contribution in [1.82, 2.24) is 19.7 Å². The van der Waals surface area contributed by atoms with Gasteiger partial charge in [0.15, 0.2) is 5.82 Å². The highest BCUT2D eigenvalue weighted by molar-refractivity contribution is 5.83. The Morgan fingerprint density at radius 3 is 2.91 bits per heavy atom. The molecular formula is C17H19FN4O. The monoisotopic (exact) mass is 314 g/mol. The number of halogens is 1. The van der Waals surface area contributed by atoms with E-state index in [2.05, 4.69) is 21.7 Å². The SMILES string of the molecule is CCc1nnc2n1CCN(C(=O)[C@H]1C[C@@H]1c1ccccc1F)C2. The molecular weight excluding hydrogens is 295 g/mol. The van der Waals surface area contributed by atoms with Gasteiger partial charge in [0.1, 0.15) is 11.6 Å². The summed E-state index contributed by atoms with van der Waals surface area (Å²) in [6.45, 7) is 3.98. The van der Waals surface area contributed by atoms with Crippen molar-refractivity contribution in [1.29, 1.82) is 0 Å². The largest absolute Gasteiger partial charge is 0.333 e. The van der Waals surface area contributed by atoms with Crippen LogP contribution in [0.4, 0.5) is 4.39 Å². The number of aryl methyl sites for hydroxylation is 1. The molecule has 5 nitrogen and oxygen atoms in total. The van der Waals surface area contributed by atoms with Gasteiger partial charge in [0.2, 0.25) is 5.91 Å². The van der Waals surface area contributed by atoms with Crippen LogP contribution in [0.2, 0.25) is 0 Å². The molecule has 2 aliphatic rings. The van der Waals surface area contributed by atoms with Crippen molar-refractivity contribution in [2.75, 3.05) is 6.54 Å². The molecule has 1 aliphatic heterocycles. The van der Waals surface area contributed by atoms with Crippen molar-refractivity contribution in [3.8, 4) is 0 Å². The first kappa shape index (κ1) is 14.4. The molecule has 0 spiro atoms. The van der Waals surface area contributed by atoms with Crippen molar-refractivity contribution in [3.63, 3.8) is 0 Å². The topological polar surface area (TPSA) is 51.0 Å². The molecule has 120 valence electrons. The van der Waals surface area contributed by atoms with Crippen molar-refractivity contribution in [2.24, 2.45) is 5.92 Å². The van der Waals surface area contributed by atoms with Gasteiger partial charge in [-0.15, -0.1) is 10.2 Å². The van der Waals surface area contributed by atoms with Crippen LogP contribution in [0.25, 0.3) is 0 Å². The van der Waals surface area contributed by atoms with E-state index in [1.807, 2.05) is 11.0 Å². The minimum Gasteiger partial charge on any atom is -0.333 e. The maximum absolute atomic E-state index is 13.9. The Balaban J connectivity index is 1.46. The van der Waals surface area contributed by atoms with E-state index in [1.165, 1.54) is 6.07 Å². The normalized spacial score (nSPS) is 22.8. The Hall–Kier alpha value is -2.24. The zero-order valence-electron chi connectivity index (χ0n) is 13.1. The second-order valence-corrected chi connectivity index (χ2v) is 6.27. The first-order valence-electron chi connectivity index (χ1n) is 8.13. The van der Waals surface area contributed by atoms with Gasteiger partial charge in [-0.3, -0.25) is 4.79 Å². The van der Waals surface area contributed by atoms with Crippen LogP contribution in [0.1, 0.15) is 36.5 Å². The summed E-state index contributed by atoms with van der Waals surface area (Å²) in [5.74, 6) is 1.67. The lowest BCUT2D eigenvalue weighted by Crippen LogP contribution is -2.39. The molecule has 0 saturated heterocycles. The molecule has 23 heavy (non-hydrogen) atoms. The fraction of sp³-hybridized carbons (Fsp3) is 0.471. The smallest absolute Gasteiger partial charge is 0.226 e. The summed E-state index contributed by atoms with van der Waals surface area (Å²) in [6, 6.07) is 6.76. The van der Waals surface area contributed by atoms with E-state index >= 15 is 0 Å². The van der Waals surface area contributed by atoms with Crippen LogP contribution in [0.5, 0.6) is 0 Å². The molecule has 0 radical (unpaired) electrons. The predicted molar refractivity (Wildman–Crippen MR) is 82.1 cm³/mol. The Labute approximate surface area is 134 Å². The van der Waals surface area contributed by atoms with Crippen LogP contribution in [-0.4, -0.2) is 32.1 Å². The Morgan fingerprint density at radius 1 is 1.30 bits per heavy atom. The summed E-state index contributed by atoms with van der Waals surface area (Å²) in [7, 11) is 0. The van der Waals surface area contributed by atoms with Crippen LogP contribution in [0.15, 0.2) is 24.3 Å². The standard InChI is InChI=1S/C17H19FN4O/c1-2-15-19-20-16-10-21(7-8-22(15)16)17(23)13-9-12(13)11-5-3-4-6-14(11)18/h3-6,12-13H,2,7-10H2,1H3/t12-,13+/m1/s1. The zero-order valence-corrected chi connectivity index (χ0v) is 13.1. The van der Waals surface area contributed by atoms with Gasteiger partial charge in [0.05, 0.1) is 6.54 Å². The summed E-state index contributed by atoms with van der Waals surface area (Å²) in [5, 5.41) is 8.36. The van der Waals surface area contributed by atoms with Crippen molar-refractivity contribution in [3.05, 3.63) is 47.3 Å². The van der Waals surface area contributed by atoms with Crippen LogP contribution in [-0.2, 0) is 24.3 Å². The lowest BCUT2D eigenvalue weighted by molar-refractivity contribution is -0.134. The van der Waals surface area contributed by atoms with Gasteiger partial charge >= 0.3 is 0 Å². The molecule has 2 aromatic rings. The third-order valence-corrected chi connectivity index (χ3v) is 4.87. The molecule has 0 bridgehead atoms. The molecule has 1 aromatic heterocycles. The summed E-state index contributed by atoms with van der Waals surface area (Å²) >= 11 is 0. The average molecular weight is 314 g/mol. The molecule has 1 aromatic carbocycles. The van der Waals surface area contributed by atoms with Gasteiger partial charge in [0, 0.05) is 25.4 Å². The number of nitrogens with zero attached hydrogens (tertiary/aromatic N) is 4. The molecule has 2 heterocycles. The molecule has 1 amide bonds. The third kappa shape index (κ3) is 2.42. The van der Waals surface area contributed by atoms with E-state index in [4.69, 9.17) is 0 Å². The quantitative estimate of drug-likeness (QED) is 0.872. The highest BCUT2D eigenvalue weighted by atomic mass is 19.1. The number of hydrogen-bond donors (Lipinski definition) is 0. The number of hydrogen-bond acceptors (Lipinski definition) is 3. The number of carbonyl (C=O) groups is 1. The lowest BCUT2D eigenvalue weighted by Gasteiger charge is -2.28. The molecule has 0 unspecified atom stereocenters. The number of rotatable bonds is 3. The van der Waals surface area contributed by atoms with E-state index in [9.17, 15) is 9.18 Å². The summed E-state index contributed by atoms with van der Waals surface area (Å²) in [5.41, 5.74) is 0.666. The van der Waals surface area contributed by atoms with Crippen molar-refractivity contribution >= 4 is 5.91 Å². The van der Waals surface area contributed by atoms with Crippen LogP contribution in [0, 0.1) is 11.7 Å². The summed E-state index contributed by atoms with van der Waals surface area (Å²) in [4.78, 5) is 14.5. The highest BCUT2D eigenvalue weighted by Crippen LogP contribution is 2.49. The lowest BCUT2D eigenvalue weighted by atomic mass is 10.1. The van der Waals surface area contributed by atoms with Gasteiger partial charge < -0.3 is 9.47 Å². The number of amides is 1. The second-order valence-electron chi connectivity index (χ2n) is 6.27. The summed E-state index contributed by atoms with van der Waals surface area (Å²) < 4.78 is 16.0. The molecule has 0 N–H and O–H groups in total. The maximum atomic E-state index is 13.9. The molecule has 1 aliphatic carbocycles. The number of carbonyl (C=O) groups excluding carboxylic acids is 1. The molecule has 1 fully saturated rings. The van der Waals surface area contributed by atoms with E-state index in [0.717, 1.165) is 31.0 Å². The van der Waals surface area contributed by atoms with E-state index in [1.54, 1.807) is 12.1 Å². The minimum absolute atomic E-state index is 0.0229. The van der Waals surface area contributed by atoms with Gasteiger partial charge in [-0.1, -0.05) is 25.1 Å². The third-order valence-electron chi connectivity index (χ3n) is 4.87. The molecule has 4 rings (SSSR count). The number of benzene rings is 1. The second kappa shape index (κ2) is 5.44. The van der Waals surface area contributed by atoms with Crippen molar-refractivity contribution < 1.29 is 9.18 Å². The first-order valence-corrected chi connectivity index (χ1v) is 8.13. The van der Waals surface area contributed by atoms with E-state index in [-0.39, 0.29) is 23.6 Å². The zero-order chi connectivity index (χ0) is 16.0. The van der Waals surface area contributed by atoms with Gasteiger partial charge in [-0.05, 0) is 24.0 Å². The van der Waals surface area contributed by atoms with Gasteiger partial charge in [-0.2, -0.15) is 0 Å². The minimum atomic E-state index is -0.209. The van der Waals surface area contributed by atoms with Crippen LogP contribution in [0.3, 0.4) is 0 Å². The van der Waals surface area contributed by atoms with Crippen LogP contribution < -0.4 is 0 Å². The molecule has 1 saturated carbocycles. The first-order chi connectivity index (χ1) is 11.2.